The van der Waals surface area contributed by atoms with Gasteiger partial charge in [-0.3, -0.25) is 4.68 Å². The van der Waals surface area contributed by atoms with Crippen LogP contribution < -0.4 is 5.32 Å². The van der Waals surface area contributed by atoms with Gasteiger partial charge in [-0.15, -0.1) is 0 Å². The summed E-state index contributed by atoms with van der Waals surface area (Å²) in [5.41, 5.74) is 2.03. The fourth-order valence-electron chi connectivity index (χ4n) is 3.14. The van der Waals surface area contributed by atoms with Gasteiger partial charge in [-0.1, -0.05) is 30.3 Å². The van der Waals surface area contributed by atoms with Crippen molar-refractivity contribution in [3.05, 3.63) is 53.9 Å². The lowest BCUT2D eigenvalue weighted by molar-refractivity contribution is 0.0902. The molecule has 1 aromatic heterocycles. The molecule has 2 aromatic rings. The minimum Gasteiger partial charge on any atom is -0.373 e. The van der Waals surface area contributed by atoms with Gasteiger partial charge in [-0.2, -0.15) is 10.2 Å². The number of nitrogens with zero attached hydrogens (tertiary/aromatic N) is 3. The zero-order chi connectivity index (χ0) is 16.5. The molecule has 0 radical (unpaired) electrons. The fraction of sp³-hybridized carbons (Fsp3) is 0.412. The number of hydrogen-bond acceptors (Lipinski definition) is 4. The van der Waals surface area contributed by atoms with E-state index in [0.29, 0.717) is 13.2 Å². The molecule has 1 N–H and O–H groups in total. The average Bonchev–Trinajstić information content (AvgIpc) is 3.07. The lowest BCUT2D eigenvalue weighted by Gasteiger charge is -2.17. The number of hydroxylamine groups is 2. The maximum Gasteiger partial charge on any atom is 0.344 e. The standard InChI is InChI=1S/C17H20N4O3/c1-20-11-14(10-19-20)15-13(7-8-23-15)9-18-17(22)21-16(24-21)12-5-3-2-4-6-12/h2-6,10-11,13,15-16H,7-9H2,1H3,(H,18,22)/t13-,15+,16?,21?/m1/s1. The SMILES string of the molecule is Cn1cc([C@H]2OCC[C@@H]2CNC(=O)N2OC2c2ccccc2)cn1. The highest BCUT2D eigenvalue weighted by atomic mass is 16.8. The molecule has 2 amide bonds. The van der Waals surface area contributed by atoms with Crippen LogP contribution in [0.25, 0.3) is 0 Å². The molecule has 1 aromatic carbocycles. The molecule has 7 nitrogen and oxygen atoms in total. The summed E-state index contributed by atoms with van der Waals surface area (Å²) in [6, 6.07) is 9.49. The van der Waals surface area contributed by atoms with Crippen LogP contribution in [0.15, 0.2) is 42.7 Å². The van der Waals surface area contributed by atoms with E-state index in [1.807, 2.05) is 49.8 Å². The second kappa shape index (κ2) is 6.26. The molecule has 0 bridgehead atoms. The fourth-order valence-corrected chi connectivity index (χ4v) is 3.14. The van der Waals surface area contributed by atoms with Crippen molar-refractivity contribution in [1.29, 1.82) is 0 Å². The number of hydrogen-bond donors (Lipinski definition) is 1. The van der Waals surface area contributed by atoms with Crippen LogP contribution in [0.3, 0.4) is 0 Å². The number of benzene rings is 1. The molecule has 7 heteroatoms. The van der Waals surface area contributed by atoms with Crippen molar-refractivity contribution in [2.75, 3.05) is 13.2 Å². The summed E-state index contributed by atoms with van der Waals surface area (Å²) in [6.45, 7) is 1.26. The highest BCUT2D eigenvalue weighted by Crippen LogP contribution is 2.37. The van der Waals surface area contributed by atoms with E-state index in [2.05, 4.69) is 10.4 Å². The van der Waals surface area contributed by atoms with Crippen molar-refractivity contribution in [3.8, 4) is 0 Å². The molecular formula is C17H20N4O3. The molecule has 1 unspecified atom stereocenters. The third-order valence-corrected chi connectivity index (χ3v) is 4.45. The average molecular weight is 328 g/mol. The third-order valence-electron chi connectivity index (χ3n) is 4.45. The minimum atomic E-state index is -0.278. The number of carbonyl (C=O) groups is 1. The Labute approximate surface area is 140 Å². The van der Waals surface area contributed by atoms with Crippen molar-refractivity contribution in [2.45, 2.75) is 18.8 Å². The Balaban J connectivity index is 1.31. The van der Waals surface area contributed by atoms with Gasteiger partial charge in [-0.25, -0.2) is 9.63 Å². The molecule has 2 saturated heterocycles. The van der Waals surface area contributed by atoms with Gasteiger partial charge in [-0.05, 0) is 6.42 Å². The number of amides is 2. The quantitative estimate of drug-likeness (QED) is 0.873. The molecule has 126 valence electrons. The van der Waals surface area contributed by atoms with Crippen LogP contribution in [-0.4, -0.2) is 34.0 Å². The Morgan fingerprint density at radius 1 is 1.33 bits per heavy atom. The van der Waals surface area contributed by atoms with Gasteiger partial charge in [0.25, 0.3) is 0 Å². The van der Waals surface area contributed by atoms with E-state index in [9.17, 15) is 4.79 Å². The first kappa shape index (κ1) is 15.2. The lowest BCUT2D eigenvalue weighted by atomic mass is 9.97. The molecule has 0 saturated carbocycles. The van der Waals surface area contributed by atoms with Gasteiger partial charge < -0.3 is 10.1 Å². The Morgan fingerprint density at radius 3 is 2.92 bits per heavy atom. The Hall–Kier alpha value is -2.38. The van der Waals surface area contributed by atoms with Crippen molar-refractivity contribution >= 4 is 6.03 Å². The van der Waals surface area contributed by atoms with Crippen molar-refractivity contribution in [2.24, 2.45) is 13.0 Å². The minimum absolute atomic E-state index is 0.0148. The predicted octanol–water partition coefficient (Wildman–Crippen LogP) is 2.15. The van der Waals surface area contributed by atoms with Crippen LogP contribution in [0, 0.1) is 5.92 Å². The van der Waals surface area contributed by atoms with Gasteiger partial charge in [0.05, 0.1) is 12.3 Å². The summed E-state index contributed by atoms with van der Waals surface area (Å²) >= 11 is 0. The molecule has 24 heavy (non-hydrogen) atoms. The summed E-state index contributed by atoms with van der Waals surface area (Å²) < 4.78 is 7.58. The van der Waals surface area contributed by atoms with E-state index >= 15 is 0 Å². The van der Waals surface area contributed by atoms with Crippen molar-refractivity contribution in [3.63, 3.8) is 0 Å². The van der Waals surface area contributed by atoms with E-state index in [4.69, 9.17) is 9.57 Å². The molecule has 0 spiro atoms. The topological polar surface area (TPSA) is 71.7 Å². The second-order valence-electron chi connectivity index (χ2n) is 6.17. The maximum atomic E-state index is 12.2. The number of ether oxygens (including phenoxy) is 1. The van der Waals surface area contributed by atoms with Crippen molar-refractivity contribution < 1.29 is 14.4 Å². The van der Waals surface area contributed by atoms with Gasteiger partial charge in [0, 0.05) is 43.4 Å². The van der Waals surface area contributed by atoms with E-state index < -0.39 is 0 Å². The van der Waals surface area contributed by atoms with Gasteiger partial charge >= 0.3 is 6.03 Å². The van der Waals surface area contributed by atoms with Crippen LogP contribution in [0.1, 0.15) is 29.9 Å². The molecule has 0 aliphatic carbocycles. The zero-order valence-electron chi connectivity index (χ0n) is 13.5. The number of aryl methyl sites for hydroxylation is 1. The maximum absolute atomic E-state index is 12.2. The highest BCUT2D eigenvalue weighted by molar-refractivity contribution is 5.75. The Bertz CT molecular complexity index is 718. The van der Waals surface area contributed by atoms with E-state index in [1.54, 1.807) is 4.68 Å². The summed E-state index contributed by atoms with van der Waals surface area (Å²) in [4.78, 5) is 17.6. The monoisotopic (exact) mass is 328 g/mol. The van der Waals surface area contributed by atoms with E-state index in [0.717, 1.165) is 17.5 Å². The first-order valence-corrected chi connectivity index (χ1v) is 8.11. The number of nitrogens with one attached hydrogen (secondary N) is 1. The third kappa shape index (κ3) is 3.00. The molecule has 2 aliphatic heterocycles. The first-order chi connectivity index (χ1) is 11.7. The number of aromatic nitrogens is 2. The number of urea groups is 1. The van der Waals surface area contributed by atoms with Crippen LogP contribution in [0.2, 0.25) is 0 Å². The van der Waals surface area contributed by atoms with Crippen LogP contribution in [0.4, 0.5) is 4.79 Å². The Morgan fingerprint density at radius 2 is 2.17 bits per heavy atom. The molecule has 4 rings (SSSR count). The molecule has 3 atom stereocenters. The molecule has 2 aliphatic rings. The second-order valence-corrected chi connectivity index (χ2v) is 6.17. The normalized spacial score (nSPS) is 25.7. The Kier molecular flexibility index (Phi) is 3.95. The van der Waals surface area contributed by atoms with Crippen LogP contribution in [0.5, 0.6) is 0 Å². The molecular weight excluding hydrogens is 308 g/mol. The summed E-state index contributed by atoms with van der Waals surface area (Å²) in [5, 5.41) is 8.51. The van der Waals surface area contributed by atoms with E-state index in [-0.39, 0.29) is 24.3 Å². The first-order valence-electron chi connectivity index (χ1n) is 8.11. The lowest BCUT2D eigenvalue weighted by Crippen LogP contribution is -2.33. The van der Waals surface area contributed by atoms with Gasteiger partial charge in [0.2, 0.25) is 6.23 Å². The molecule has 2 fully saturated rings. The largest absolute Gasteiger partial charge is 0.373 e. The highest BCUT2D eigenvalue weighted by Gasteiger charge is 2.43. The summed E-state index contributed by atoms with van der Waals surface area (Å²) in [5.74, 6) is 0.244. The smallest absolute Gasteiger partial charge is 0.344 e. The van der Waals surface area contributed by atoms with E-state index in [1.165, 1.54) is 5.06 Å². The molecule has 3 heterocycles. The predicted molar refractivity (Wildman–Crippen MR) is 85.5 cm³/mol. The number of rotatable bonds is 4. The van der Waals surface area contributed by atoms with Gasteiger partial charge in [0.15, 0.2) is 0 Å². The summed E-state index contributed by atoms with van der Waals surface area (Å²) in [6.07, 6.45) is 4.41. The zero-order valence-corrected chi connectivity index (χ0v) is 13.5. The van der Waals surface area contributed by atoms with Crippen LogP contribution in [-0.2, 0) is 16.6 Å². The van der Waals surface area contributed by atoms with Crippen LogP contribution >= 0.6 is 0 Å². The summed E-state index contributed by atoms with van der Waals surface area (Å²) in [7, 11) is 1.89. The van der Waals surface area contributed by atoms with Gasteiger partial charge in [0.1, 0.15) is 0 Å². The number of carbonyl (C=O) groups excluding carboxylic acids is 1. The van der Waals surface area contributed by atoms with Crippen molar-refractivity contribution in [1.82, 2.24) is 20.2 Å².